The lowest BCUT2D eigenvalue weighted by Gasteiger charge is -2.37. The molecule has 3 aliphatic rings. The molecule has 2 atom stereocenters. The lowest BCUT2D eigenvalue weighted by atomic mass is 9.91. The highest BCUT2D eigenvalue weighted by Gasteiger charge is 2.40. The van der Waals surface area contributed by atoms with Crippen molar-refractivity contribution in [1.29, 1.82) is 0 Å². The SMILES string of the molecule is COc1ccc(C(=O)N2C[C@H]3CCCN(Cc4ccc5c(c4)CCCO5)[C@H]3C2)cc1. The number of hydrogen-bond acceptors (Lipinski definition) is 4. The quantitative estimate of drug-likeness (QED) is 0.775. The predicted octanol–water partition coefficient (Wildman–Crippen LogP) is 3.76. The fourth-order valence-electron chi connectivity index (χ4n) is 5.30. The van der Waals surface area contributed by atoms with Crippen molar-refractivity contribution in [2.75, 3.05) is 33.4 Å². The molecule has 5 nitrogen and oxygen atoms in total. The molecule has 2 aromatic rings. The lowest BCUT2D eigenvalue weighted by Crippen LogP contribution is -2.44. The number of fused-ring (bicyclic) bond motifs is 2. The van der Waals surface area contributed by atoms with Crippen molar-refractivity contribution in [3.8, 4) is 11.5 Å². The van der Waals surface area contributed by atoms with Crippen molar-refractivity contribution < 1.29 is 14.3 Å². The average Bonchev–Trinajstić information content (AvgIpc) is 3.24. The smallest absolute Gasteiger partial charge is 0.253 e. The third-order valence-corrected chi connectivity index (χ3v) is 6.88. The van der Waals surface area contributed by atoms with Crippen molar-refractivity contribution >= 4 is 5.91 Å². The Morgan fingerprint density at radius 3 is 2.83 bits per heavy atom. The maximum atomic E-state index is 13.1. The van der Waals surface area contributed by atoms with Gasteiger partial charge in [0, 0.05) is 31.2 Å². The summed E-state index contributed by atoms with van der Waals surface area (Å²) in [6.07, 6.45) is 4.64. The van der Waals surface area contributed by atoms with Gasteiger partial charge in [0.25, 0.3) is 5.91 Å². The summed E-state index contributed by atoms with van der Waals surface area (Å²) in [5, 5.41) is 0. The molecule has 0 bridgehead atoms. The lowest BCUT2D eigenvalue weighted by molar-refractivity contribution is 0.0774. The van der Waals surface area contributed by atoms with Crippen LogP contribution in [0.5, 0.6) is 11.5 Å². The number of ether oxygens (including phenoxy) is 2. The molecule has 0 spiro atoms. The first-order chi connectivity index (χ1) is 14.7. The van der Waals surface area contributed by atoms with E-state index in [1.807, 2.05) is 24.3 Å². The number of hydrogen-bond donors (Lipinski definition) is 0. The first-order valence-corrected chi connectivity index (χ1v) is 11.1. The number of piperidine rings is 1. The number of nitrogens with zero attached hydrogens (tertiary/aromatic N) is 2. The standard InChI is InChI=1S/C25H30N2O3/c1-29-22-9-7-19(8-10-22)25(28)27-16-21-4-2-12-26(23(21)17-27)15-18-6-11-24-20(14-18)5-3-13-30-24/h6-11,14,21,23H,2-5,12-13,15-17H2,1H3/t21-,23+/m1/s1. The second kappa shape index (κ2) is 8.31. The van der Waals surface area contributed by atoms with Gasteiger partial charge in [-0.05, 0) is 79.6 Å². The summed E-state index contributed by atoms with van der Waals surface area (Å²) in [6, 6.07) is 14.6. The fourth-order valence-corrected chi connectivity index (χ4v) is 5.30. The van der Waals surface area contributed by atoms with Gasteiger partial charge in [-0.2, -0.15) is 0 Å². The molecule has 5 heteroatoms. The van der Waals surface area contributed by atoms with Crippen molar-refractivity contribution in [3.63, 3.8) is 0 Å². The number of aryl methyl sites for hydroxylation is 1. The summed E-state index contributed by atoms with van der Waals surface area (Å²) < 4.78 is 11.0. The van der Waals surface area contributed by atoms with Crippen LogP contribution in [-0.2, 0) is 13.0 Å². The maximum absolute atomic E-state index is 13.1. The molecule has 0 radical (unpaired) electrons. The van der Waals surface area contributed by atoms with Crippen LogP contribution in [0.25, 0.3) is 0 Å². The number of likely N-dealkylation sites (tertiary alicyclic amines) is 2. The molecule has 3 heterocycles. The van der Waals surface area contributed by atoms with Crippen LogP contribution in [-0.4, -0.2) is 55.1 Å². The van der Waals surface area contributed by atoms with E-state index in [0.29, 0.717) is 12.0 Å². The molecule has 3 aliphatic heterocycles. The molecule has 30 heavy (non-hydrogen) atoms. The number of carbonyl (C=O) groups is 1. The fraction of sp³-hybridized carbons (Fsp3) is 0.480. The third-order valence-electron chi connectivity index (χ3n) is 6.88. The minimum Gasteiger partial charge on any atom is -0.497 e. The van der Waals surface area contributed by atoms with Gasteiger partial charge < -0.3 is 14.4 Å². The second-order valence-electron chi connectivity index (χ2n) is 8.77. The average molecular weight is 407 g/mol. The molecule has 2 aromatic carbocycles. The Morgan fingerprint density at radius 2 is 2.00 bits per heavy atom. The molecule has 0 aromatic heterocycles. The van der Waals surface area contributed by atoms with Gasteiger partial charge in [0.2, 0.25) is 0 Å². The molecule has 0 aliphatic carbocycles. The minimum absolute atomic E-state index is 0.137. The van der Waals surface area contributed by atoms with Crippen molar-refractivity contribution in [2.45, 2.75) is 38.3 Å². The Hall–Kier alpha value is -2.53. The van der Waals surface area contributed by atoms with Crippen molar-refractivity contribution in [2.24, 2.45) is 5.92 Å². The molecule has 158 valence electrons. The van der Waals surface area contributed by atoms with E-state index in [2.05, 4.69) is 28.0 Å². The molecule has 1 amide bonds. The number of amides is 1. The van der Waals surface area contributed by atoms with Gasteiger partial charge in [-0.1, -0.05) is 12.1 Å². The first-order valence-electron chi connectivity index (χ1n) is 11.1. The van der Waals surface area contributed by atoms with Gasteiger partial charge in [-0.25, -0.2) is 0 Å². The van der Waals surface area contributed by atoms with Gasteiger partial charge in [0.15, 0.2) is 0 Å². The van der Waals surface area contributed by atoms with E-state index in [9.17, 15) is 4.79 Å². The highest BCUT2D eigenvalue weighted by molar-refractivity contribution is 5.94. The summed E-state index contributed by atoms with van der Waals surface area (Å²) in [5.41, 5.74) is 3.45. The van der Waals surface area contributed by atoms with Gasteiger partial charge in [-0.3, -0.25) is 9.69 Å². The van der Waals surface area contributed by atoms with Crippen LogP contribution in [0.4, 0.5) is 0 Å². The normalized spacial score (nSPS) is 23.4. The van der Waals surface area contributed by atoms with Gasteiger partial charge in [-0.15, -0.1) is 0 Å². The molecule has 0 saturated carbocycles. The summed E-state index contributed by atoms with van der Waals surface area (Å²) in [4.78, 5) is 17.7. The van der Waals surface area contributed by atoms with Crippen LogP contribution in [0.2, 0.25) is 0 Å². The number of carbonyl (C=O) groups excluding carboxylic acids is 1. The van der Waals surface area contributed by atoms with E-state index in [1.54, 1.807) is 7.11 Å². The largest absolute Gasteiger partial charge is 0.497 e. The monoisotopic (exact) mass is 406 g/mol. The molecular formula is C25H30N2O3. The van der Waals surface area contributed by atoms with Crippen LogP contribution in [0.1, 0.15) is 40.7 Å². The van der Waals surface area contributed by atoms with E-state index >= 15 is 0 Å². The van der Waals surface area contributed by atoms with Crippen LogP contribution in [0.3, 0.4) is 0 Å². The zero-order valence-corrected chi connectivity index (χ0v) is 17.7. The van der Waals surface area contributed by atoms with E-state index in [-0.39, 0.29) is 5.91 Å². The van der Waals surface area contributed by atoms with E-state index in [4.69, 9.17) is 9.47 Å². The highest BCUT2D eigenvalue weighted by atomic mass is 16.5. The zero-order valence-electron chi connectivity index (χ0n) is 17.7. The molecular weight excluding hydrogens is 376 g/mol. The Balaban J connectivity index is 1.28. The van der Waals surface area contributed by atoms with Crippen LogP contribution < -0.4 is 9.47 Å². The summed E-state index contributed by atoms with van der Waals surface area (Å²) >= 11 is 0. The molecule has 0 unspecified atom stereocenters. The molecule has 2 fully saturated rings. The maximum Gasteiger partial charge on any atom is 0.253 e. The van der Waals surface area contributed by atoms with Crippen molar-refractivity contribution in [3.05, 3.63) is 59.2 Å². The topological polar surface area (TPSA) is 42.0 Å². The van der Waals surface area contributed by atoms with Gasteiger partial charge in [0.1, 0.15) is 11.5 Å². The second-order valence-corrected chi connectivity index (χ2v) is 8.77. The molecule has 5 rings (SSSR count). The third kappa shape index (κ3) is 3.79. The number of rotatable bonds is 4. The van der Waals surface area contributed by atoms with Crippen LogP contribution >= 0.6 is 0 Å². The van der Waals surface area contributed by atoms with E-state index in [1.165, 1.54) is 24.0 Å². The number of methoxy groups -OCH3 is 1. The highest BCUT2D eigenvalue weighted by Crippen LogP contribution is 2.33. The van der Waals surface area contributed by atoms with Crippen molar-refractivity contribution in [1.82, 2.24) is 9.80 Å². The minimum atomic E-state index is 0.137. The Labute approximate surface area is 178 Å². The molecule has 2 saturated heterocycles. The van der Waals surface area contributed by atoms with E-state index < -0.39 is 0 Å². The Bertz CT molecular complexity index is 911. The summed E-state index contributed by atoms with van der Waals surface area (Å²) in [7, 11) is 1.64. The van der Waals surface area contributed by atoms with Gasteiger partial charge in [0.05, 0.1) is 13.7 Å². The number of benzene rings is 2. The predicted molar refractivity (Wildman–Crippen MR) is 116 cm³/mol. The Morgan fingerprint density at radius 1 is 1.13 bits per heavy atom. The first kappa shape index (κ1) is 19.4. The Kier molecular flexibility index (Phi) is 5.38. The zero-order chi connectivity index (χ0) is 20.5. The summed E-state index contributed by atoms with van der Waals surface area (Å²) in [6.45, 7) is 4.59. The van der Waals surface area contributed by atoms with Gasteiger partial charge >= 0.3 is 0 Å². The summed E-state index contributed by atoms with van der Waals surface area (Å²) in [5.74, 6) is 2.54. The van der Waals surface area contributed by atoms with E-state index in [0.717, 1.165) is 62.7 Å². The molecule has 0 N–H and O–H groups in total. The van der Waals surface area contributed by atoms with Crippen LogP contribution in [0, 0.1) is 5.92 Å². The van der Waals surface area contributed by atoms with Crippen LogP contribution in [0.15, 0.2) is 42.5 Å².